The number of nitrogens with one attached hydrogen (secondary N) is 1. The van der Waals surface area contributed by atoms with Gasteiger partial charge in [0.25, 0.3) is 0 Å². The van der Waals surface area contributed by atoms with Crippen LogP contribution in [-0.4, -0.2) is 38.9 Å². The van der Waals surface area contributed by atoms with Gasteiger partial charge in [-0.15, -0.1) is 6.42 Å². The summed E-state index contributed by atoms with van der Waals surface area (Å²) in [5, 5.41) is 2.79. The standard InChI is InChI=1S/C17H29NO4Si/c1-9-12(16(20)21-10-2)14-13(15(19)18-14)11(3)22-23(7,8)17(4,5)6/h1,11-14H,10H2,2-8H3,(H,18,19)/t11-,12?,13+,14-/m1/s1. The molecule has 1 aliphatic rings. The number of carbonyl (C=O) groups is 2. The van der Waals surface area contributed by atoms with E-state index < -0.39 is 32.2 Å². The molecule has 1 amide bonds. The first-order chi connectivity index (χ1) is 10.5. The normalized spacial score (nSPS) is 24.0. The van der Waals surface area contributed by atoms with Gasteiger partial charge in [0, 0.05) is 0 Å². The fourth-order valence-corrected chi connectivity index (χ4v) is 3.91. The van der Waals surface area contributed by atoms with Gasteiger partial charge in [0.05, 0.1) is 24.7 Å². The molecule has 5 nitrogen and oxygen atoms in total. The summed E-state index contributed by atoms with van der Waals surface area (Å²) in [5.41, 5.74) is 0. The van der Waals surface area contributed by atoms with E-state index in [2.05, 4.69) is 45.1 Å². The molecule has 1 N–H and O–H groups in total. The summed E-state index contributed by atoms with van der Waals surface area (Å²) in [4.78, 5) is 24.0. The van der Waals surface area contributed by atoms with Crippen LogP contribution in [0.3, 0.4) is 0 Å². The van der Waals surface area contributed by atoms with Crippen LogP contribution < -0.4 is 5.32 Å². The Morgan fingerprint density at radius 2 is 2.00 bits per heavy atom. The molecule has 1 fully saturated rings. The van der Waals surface area contributed by atoms with Crippen molar-refractivity contribution in [2.75, 3.05) is 6.61 Å². The molecule has 0 aromatic rings. The van der Waals surface area contributed by atoms with E-state index in [0.29, 0.717) is 0 Å². The summed E-state index contributed by atoms with van der Waals surface area (Å²) < 4.78 is 11.3. The van der Waals surface area contributed by atoms with Crippen LogP contribution >= 0.6 is 0 Å². The number of hydrogen-bond acceptors (Lipinski definition) is 4. The third-order valence-corrected chi connectivity index (χ3v) is 9.44. The van der Waals surface area contributed by atoms with Crippen LogP contribution in [0.5, 0.6) is 0 Å². The number of rotatable bonds is 6. The second kappa shape index (κ2) is 7.06. The second-order valence-corrected chi connectivity index (χ2v) is 12.3. The van der Waals surface area contributed by atoms with Crippen molar-refractivity contribution in [2.24, 2.45) is 11.8 Å². The molecule has 1 aliphatic heterocycles. The highest BCUT2D eigenvalue weighted by molar-refractivity contribution is 6.74. The third-order valence-electron chi connectivity index (χ3n) is 4.87. The molecule has 0 aliphatic carbocycles. The number of ether oxygens (including phenoxy) is 1. The molecule has 1 saturated heterocycles. The third kappa shape index (κ3) is 4.15. The molecule has 1 unspecified atom stereocenters. The molecule has 23 heavy (non-hydrogen) atoms. The van der Waals surface area contributed by atoms with E-state index >= 15 is 0 Å². The van der Waals surface area contributed by atoms with Gasteiger partial charge in [-0.2, -0.15) is 0 Å². The quantitative estimate of drug-likeness (QED) is 0.349. The van der Waals surface area contributed by atoms with E-state index in [9.17, 15) is 9.59 Å². The van der Waals surface area contributed by atoms with Crippen molar-refractivity contribution in [2.45, 2.75) is 64.9 Å². The van der Waals surface area contributed by atoms with Gasteiger partial charge in [-0.25, -0.2) is 0 Å². The van der Waals surface area contributed by atoms with E-state index in [1.165, 1.54) is 0 Å². The molecule has 1 heterocycles. The maximum Gasteiger partial charge on any atom is 0.323 e. The van der Waals surface area contributed by atoms with E-state index in [1.54, 1.807) is 6.92 Å². The van der Waals surface area contributed by atoms with Crippen LogP contribution in [0.4, 0.5) is 0 Å². The van der Waals surface area contributed by atoms with Gasteiger partial charge in [-0.3, -0.25) is 9.59 Å². The molecular weight excluding hydrogens is 310 g/mol. The predicted octanol–water partition coefficient (Wildman–Crippen LogP) is 2.32. The van der Waals surface area contributed by atoms with Gasteiger partial charge in [0.1, 0.15) is 5.92 Å². The summed E-state index contributed by atoms with van der Waals surface area (Å²) in [5.74, 6) is 0.669. The van der Waals surface area contributed by atoms with Crippen LogP contribution in [0.25, 0.3) is 0 Å². The minimum atomic E-state index is -2.01. The van der Waals surface area contributed by atoms with Crippen LogP contribution in [0.15, 0.2) is 0 Å². The number of amides is 1. The average molecular weight is 340 g/mol. The first-order valence-corrected chi connectivity index (χ1v) is 11.0. The Balaban J connectivity index is 2.87. The first-order valence-electron chi connectivity index (χ1n) is 8.07. The minimum absolute atomic E-state index is 0.0453. The monoisotopic (exact) mass is 339 g/mol. The highest BCUT2D eigenvalue weighted by atomic mass is 28.4. The highest BCUT2D eigenvalue weighted by Crippen LogP contribution is 2.39. The SMILES string of the molecule is C#CC(C(=O)OCC)[C@H]1NC(=O)[C@H]1[C@@H](C)O[Si](C)(C)C(C)(C)C. The van der Waals surface area contributed by atoms with E-state index in [4.69, 9.17) is 15.6 Å². The Morgan fingerprint density at radius 3 is 2.39 bits per heavy atom. The van der Waals surface area contributed by atoms with Crippen LogP contribution in [-0.2, 0) is 18.8 Å². The molecule has 0 saturated carbocycles. The Kier molecular flexibility index (Phi) is 6.05. The average Bonchev–Trinajstić information content (AvgIpc) is 2.36. The number of esters is 1. The molecule has 0 aromatic heterocycles. The maximum atomic E-state index is 12.0. The number of carbonyl (C=O) groups excluding carboxylic acids is 2. The van der Waals surface area contributed by atoms with Crippen LogP contribution in [0.1, 0.15) is 34.6 Å². The van der Waals surface area contributed by atoms with Gasteiger partial charge in [-0.1, -0.05) is 26.7 Å². The fourth-order valence-electron chi connectivity index (χ4n) is 2.48. The van der Waals surface area contributed by atoms with Gasteiger partial charge in [0.2, 0.25) is 5.91 Å². The van der Waals surface area contributed by atoms with Crippen LogP contribution in [0, 0.1) is 24.2 Å². The summed E-state index contributed by atoms with van der Waals surface area (Å²) in [6.45, 7) is 14.6. The Morgan fingerprint density at radius 1 is 1.43 bits per heavy atom. The zero-order chi connectivity index (χ0) is 18.0. The van der Waals surface area contributed by atoms with Crippen molar-refractivity contribution < 1.29 is 18.8 Å². The van der Waals surface area contributed by atoms with Crippen molar-refractivity contribution in [3.63, 3.8) is 0 Å². The Bertz CT molecular complexity index is 504. The summed E-state index contributed by atoms with van der Waals surface area (Å²) >= 11 is 0. The second-order valence-electron chi connectivity index (χ2n) is 7.54. The lowest BCUT2D eigenvalue weighted by Gasteiger charge is -2.46. The van der Waals surface area contributed by atoms with Gasteiger partial charge >= 0.3 is 5.97 Å². The van der Waals surface area contributed by atoms with Gasteiger partial charge in [-0.05, 0) is 32.0 Å². The number of hydrogen-bond donors (Lipinski definition) is 1. The molecule has 0 bridgehead atoms. The van der Waals surface area contributed by atoms with Crippen molar-refractivity contribution in [3.05, 3.63) is 0 Å². The first kappa shape index (κ1) is 19.7. The molecule has 1 rings (SSSR count). The highest BCUT2D eigenvalue weighted by Gasteiger charge is 2.51. The molecule has 0 radical (unpaired) electrons. The summed E-state index contributed by atoms with van der Waals surface area (Å²) in [6.07, 6.45) is 5.19. The maximum absolute atomic E-state index is 12.0. The van der Waals surface area contributed by atoms with E-state index in [0.717, 1.165) is 0 Å². The van der Waals surface area contributed by atoms with Crippen LogP contribution in [0.2, 0.25) is 18.1 Å². The van der Waals surface area contributed by atoms with Crippen molar-refractivity contribution in [3.8, 4) is 12.3 Å². The van der Waals surface area contributed by atoms with Crippen molar-refractivity contribution in [1.82, 2.24) is 5.32 Å². The lowest BCUT2D eigenvalue weighted by molar-refractivity contribution is -0.153. The molecule has 6 heteroatoms. The Hall–Kier alpha value is -1.32. The largest absolute Gasteiger partial charge is 0.465 e. The smallest absolute Gasteiger partial charge is 0.323 e. The van der Waals surface area contributed by atoms with Crippen molar-refractivity contribution >= 4 is 20.2 Å². The Labute approximate surface area is 140 Å². The van der Waals surface area contributed by atoms with Gasteiger partial charge in [0.15, 0.2) is 8.32 Å². The summed E-state index contributed by atoms with van der Waals surface area (Å²) in [7, 11) is -2.01. The molecule has 130 valence electrons. The number of β-lactam (4-membered cyclic amide) rings is 1. The topological polar surface area (TPSA) is 64.6 Å². The minimum Gasteiger partial charge on any atom is -0.465 e. The lowest BCUT2D eigenvalue weighted by atomic mass is 9.78. The zero-order valence-corrected chi connectivity index (χ0v) is 16.2. The van der Waals surface area contributed by atoms with Crippen molar-refractivity contribution in [1.29, 1.82) is 0 Å². The van der Waals surface area contributed by atoms with E-state index in [-0.39, 0.29) is 23.7 Å². The molecule has 4 atom stereocenters. The summed E-state index contributed by atoms with van der Waals surface area (Å²) in [6, 6.07) is -0.425. The number of terminal acetylenes is 1. The zero-order valence-electron chi connectivity index (χ0n) is 15.2. The van der Waals surface area contributed by atoms with E-state index in [1.807, 2.05) is 6.92 Å². The molecular formula is C17H29NO4Si. The predicted molar refractivity (Wildman–Crippen MR) is 92.1 cm³/mol. The molecule has 0 spiro atoms. The fraction of sp³-hybridized carbons (Fsp3) is 0.765. The lowest BCUT2D eigenvalue weighted by Crippen LogP contribution is -2.67. The van der Waals surface area contributed by atoms with Gasteiger partial charge < -0.3 is 14.5 Å². The molecule has 0 aromatic carbocycles.